The minimum absolute atomic E-state index is 0.452. The summed E-state index contributed by atoms with van der Waals surface area (Å²) in [5.74, 6) is 1.48. The summed E-state index contributed by atoms with van der Waals surface area (Å²) < 4.78 is 1.84. The fourth-order valence-corrected chi connectivity index (χ4v) is 2.65. The van der Waals surface area contributed by atoms with Crippen LogP contribution in [0, 0.1) is 5.92 Å². The molecular weight excluding hydrogens is 214 g/mol. The largest absolute Gasteiger partial charge is 0.365 e. The third-order valence-electron chi connectivity index (χ3n) is 3.61. The summed E-state index contributed by atoms with van der Waals surface area (Å²) in [4.78, 5) is 4.40. The number of nitrogens with zero attached hydrogens (tertiary/aromatic N) is 3. The number of anilines is 1. The Hall–Kier alpha value is -1.62. The standard InChI is InChI=1S/C12H17N5/c13-8-9-2-1-3-10(9)16-12-11-4-5-15-17(11)7-6-14-12/h4-7,9-10H,1-3,8,13H2,(H,14,16). The smallest absolute Gasteiger partial charge is 0.152 e. The Labute approximate surface area is 100 Å². The number of nitrogens with one attached hydrogen (secondary N) is 1. The molecule has 5 heteroatoms. The first-order chi connectivity index (χ1) is 8.38. The van der Waals surface area contributed by atoms with Crippen LogP contribution in [0.5, 0.6) is 0 Å². The molecule has 0 saturated heterocycles. The summed E-state index contributed by atoms with van der Waals surface area (Å²) in [7, 11) is 0. The summed E-state index contributed by atoms with van der Waals surface area (Å²) in [6, 6.07) is 2.43. The highest BCUT2D eigenvalue weighted by Gasteiger charge is 2.26. The van der Waals surface area contributed by atoms with Gasteiger partial charge in [0, 0.05) is 18.4 Å². The Morgan fingerprint density at radius 1 is 1.41 bits per heavy atom. The predicted molar refractivity (Wildman–Crippen MR) is 66.8 cm³/mol. The van der Waals surface area contributed by atoms with Crippen molar-refractivity contribution in [3.8, 4) is 0 Å². The number of aromatic nitrogens is 3. The van der Waals surface area contributed by atoms with Gasteiger partial charge in [0.2, 0.25) is 0 Å². The molecule has 2 aromatic heterocycles. The van der Waals surface area contributed by atoms with Crippen molar-refractivity contribution in [3.63, 3.8) is 0 Å². The van der Waals surface area contributed by atoms with Crippen molar-refractivity contribution in [2.24, 2.45) is 11.7 Å². The van der Waals surface area contributed by atoms with Crippen molar-refractivity contribution in [1.82, 2.24) is 14.6 Å². The van der Waals surface area contributed by atoms with Gasteiger partial charge in [0.05, 0.1) is 6.20 Å². The summed E-state index contributed by atoms with van der Waals surface area (Å²) >= 11 is 0. The highest BCUT2D eigenvalue weighted by Crippen LogP contribution is 2.28. The maximum absolute atomic E-state index is 5.79. The van der Waals surface area contributed by atoms with E-state index in [1.165, 1.54) is 19.3 Å². The zero-order chi connectivity index (χ0) is 11.7. The Bertz CT molecular complexity index is 506. The molecule has 0 spiro atoms. The molecule has 0 aliphatic heterocycles. The van der Waals surface area contributed by atoms with E-state index in [0.717, 1.165) is 17.9 Å². The van der Waals surface area contributed by atoms with Crippen molar-refractivity contribution >= 4 is 11.3 Å². The number of nitrogens with two attached hydrogens (primary N) is 1. The van der Waals surface area contributed by atoms with Crippen LogP contribution in [0.3, 0.4) is 0 Å². The van der Waals surface area contributed by atoms with Gasteiger partial charge in [-0.1, -0.05) is 6.42 Å². The highest BCUT2D eigenvalue weighted by atomic mass is 15.2. The van der Waals surface area contributed by atoms with Crippen LogP contribution in [0.1, 0.15) is 19.3 Å². The van der Waals surface area contributed by atoms with Crippen LogP contribution in [-0.2, 0) is 0 Å². The van der Waals surface area contributed by atoms with Gasteiger partial charge in [0.25, 0.3) is 0 Å². The molecule has 0 aromatic carbocycles. The molecule has 1 fully saturated rings. The number of hydrogen-bond acceptors (Lipinski definition) is 4. The van der Waals surface area contributed by atoms with Crippen molar-refractivity contribution in [2.75, 3.05) is 11.9 Å². The fourth-order valence-electron chi connectivity index (χ4n) is 2.65. The molecule has 2 atom stereocenters. The first-order valence-electron chi connectivity index (χ1n) is 6.13. The van der Waals surface area contributed by atoms with Crippen LogP contribution in [0.4, 0.5) is 5.82 Å². The van der Waals surface area contributed by atoms with Crippen LogP contribution in [0.15, 0.2) is 24.7 Å². The molecule has 3 rings (SSSR count). The maximum Gasteiger partial charge on any atom is 0.152 e. The van der Waals surface area contributed by atoms with E-state index in [1.54, 1.807) is 12.4 Å². The van der Waals surface area contributed by atoms with Gasteiger partial charge in [-0.3, -0.25) is 0 Å². The Morgan fingerprint density at radius 3 is 3.24 bits per heavy atom. The Kier molecular flexibility index (Phi) is 2.68. The molecule has 2 heterocycles. The summed E-state index contributed by atoms with van der Waals surface area (Å²) in [5, 5.41) is 7.72. The van der Waals surface area contributed by atoms with E-state index in [2.05, 4.69) is 15.4 Å². The van der Waals surface area contributed by atoms with E-state index in [4.69, 9.17) is 5.73 Å². The van der Waals surface area contributed by atoms with Crippen LogP contribution >= 0.6 is 0 Å². The second kappa shape index (κ2) is 4.33. The molecule has 17 heavy (non-hydrogen) atoms. The van der Waals surface area contributed by atoms with E-state index < -0.39 is 0 Å². The summed E-state index contributed by atoms with van der Waals surface area (Å²) in [6.45, 7) is 0.750. The molecule has 0 radical (unpaired) electrons. The average Bonchev–Trinajstić information content (AvgIpc) is 2.97. The Morgan fingerprint density at radius 2 is 2.35 bits per heavy atom. The van der Waals surface area contributed by atoms with Crippen molar-refractivity contribution in [3.05, 3.63) is 24.7 Å². The van der Waals surface area contributed by atoms with Crippen LogP contribution in [0.2, 0.25) is 0 Å². The van der Waals surface area contributed by atoms with Crippen molar-refractivity contribution in [2.45, 2.75) is 25.3 Å². The lowest BCUT2D eigenvalue weighted by Gasteiger charge is -2.20. The number of rotatable bonds is 3. The van der Waals surface area contributed by atoms with Gasteiger partial charge in [-0.2, -0.15) is 5.10 Å². The average molecular weight is 231 g/mol. The third-order valence-corrected chi connectivity index (χ3v) is 3.61. The molecule has 2 unspecified atom stereocenters. The van der Waals surface area contributed by atoms with E-state index in [-0.39, 0.29) is 0 Å². The van der Waals surface area contributed by atoms with Gasteiger partial charge in [0.15, 0.2) is 5.82 Å². The van der Waals surface area contributed by atoms with Gasteiger partial charge in [-0.15, -0.1) is 0 Å². The second-order valence-corrected chi connectivity index (χ2v) is 4.61. The Balaban J connectivity index is 1.87. The summed E-state index contributed by atoms with van der Waals surface area (Å²) in [5.41, 5.74) is 6.82. The monoisotopic (exact) mass is 231 g/mol. The van der Waals surface area contributed by atoms with Crippen LogP contribution in [0.25, 0.3) is 5.52 Å². The molecular formula is C12H17N5. The van der Waals surface area contributed by atoms with Crippen LogP contribution < -0.4 is 11.1 Å². The predicted octanol–water partition coefficient (Wildman–Crippen LogP) is 1.27. The molecule has 1 saturated carbocycles. The summed E-state index contributed by atoms with van der Waals surface area (Å²) in [6.07, 6.45) is 9.07. The highest BCUT2D eigenvalue weighted by molar-refractivity contribution is 5.67. The maximum atomic E-state index is 5.79. The van der Waals surface area contributed by atoms with Gasteiger partial charge < -0.3 is 11.1 Å². The van der Waals surface area contributed by atoms with Crippen molar-refractivity contribution in [1.29, 1.82) is 0 Å². The molecule has 1 aliphatic carbocycles. The zero-order valence-electron chi connectivity index (χ0n) is 9.71. The molecule has 1 aliphatic rings. The van der Waals surface area contributed by atoms with E-state index >= 15 is 0 Å². The molecule has 90 valence electrons. The molecule has 0 amide bonds. The van der Waals surface area contributed by atoms with E-state index in [1.807, 2.05) is 16.8 Å². The normalized spacial score (nSPS) is 24.3. The van der Waals surface area contributed by atoms with Gasteiger partial charge in [0.1, 0.15) is 5.52 Å². The van der Waals surface area contributed by atoms with Gasteiger partial charge >= 0.3 is 0 Å². The lowest BCUT2D eigenvalue weighted by Crippen LogP contribution is -2.29. The molecule has 2 aromatic rings. The number of hydrogen-bond donors (Lipinski definition) is 2. The minimum Gasteiger partial charge on any atom is -0.365 e. The number of fused-ring (bicyclic) bond motifs is 1. The quantitative estimate of drug-likeness (QED) is 0.834. The first kappa shape index (κ1) is 10.5. The second-order valence-electron chi connectivity index (χ2n) is 4.61. The van der Waals surface area contributed by atoms with Gasteiger partial charge in [-0.05, 0) is 31.4 Å². The first-order valence-corrected chi connectivity index (χ1v) is 6.13. The minimum atomic E-state index is 0.452. The van der Waals surface area contributed by atoms with E-state index in [9.17, 15) is 0 Å². The zero-order valence-corrected chi connectivity index (χ0v) is 9.71. The molecule has 0 bridgehead atoms. The molecule has 3 N–H and O–H groups in total. The van der Waals surface area contributed by atoms with Gasteiger partial charge in [-0.25, -0.2) is 9.50 Å². The lowest BCUT2D eigenvalue weighted by molar-refractivity contribution is 0.515. The SMILES string of the molecule is NCC1CCCC1Nc1nccn2nccc12. The van der Waals surface area contributed by atoms with Crippen LogP contribution in [-0.4, -0.2) is 27.2 Å². The fraction of sp³-hybridized carbons (Fsp3) is 0.500. The van der Waals surface area contributed by atoms with Crippen molar-refractivity contribution < 1.29 is 0 Å². The van der Waals surface area contributed by atoms with E-state index in [0.29, 0.717) is 12.0 Å². The molecule has 5 nitrogen and oxygen atoms in total. The topological polar surface area (TPSA) is 68.2 Å². The third kappa shape index (κ3) is 1.86. The lowest BCUT2D eigenvalue weighted by atomic mass is 10.0.